The second-order valence-electron chi connectivity index (χ2n) is 8.35. The number of hydrogen-bond donors (Lipinski definition) is 0. The monoisotopic (exact) mass is 381 g/mol. The number of rotatable bonds is 4. The van der Waals surface area contributed by atoms with E-state index in [4.69, 9.17) is 4.74 Å². The van der Waals surface area contributed by atoms with E-state index in [1.807, 2.05) is 6.92 Å². The Morgan fingerprint density at radius 2 is 2.04 bits per heavy atom. The van der Waals surface area contributed by atoms with E-state index in [0.717, 1.165) is 44.0 Å². The Bertz CT molecular complexity index is 886. The first kappa shape index (κ1) is 17.8. The Morgan fingerprint density at radius 3 is 2.89 bits per heavy atom. The van der Waals surface area contributed by atoms with Crippen molar-refractivity contribution in [1.29, 1.82) is 0 Å². The normalized spacial score (nSPS) is 23.5. The topological polar surface area (TPSA) is 19.0 Å². The number of aryl methyl sites for hydroxylation is 1. The summed E-state index contributed by atoms with van der Waals surface area (Å²) < 4.78 is 19.2. The van der Waals surface area contributed by atoms with Gasteiger partial charge in [0.25, 0.3) is 0 Å². The van der Waals surface area contributed by atoms with Crippen molar-refractivity contribution in [3.8, 4) is 5.75 Å². The highest BCUT2D eigenvalue weighted by Gasteiger charge is 2.44. The third kappa shape index (κ3) is 2.93. The first-order valence-corrected chi connectivity index (χ1v) is 10.3. The van der Waals surface area contributed by atoms with Crippen molar-refractivity contribution in [2.75, 3.05) is 56.2 Å². The van der Waals surface area contributed by atoms with Crippen LogP contribution in [-0.2, 0) is 0 Å². The molecule has 2 unspecified atom stereocenters. The minimum atomic E-state index is -0.209. The van der Waals surface area contributed by atoms with Gasteiger partial charge in [-0.1, -0.05) is 12.1 Å². The lowest BCUT2D eigenvalue weighted by Gasteiger charge is -2.41. The average Bonchev–Trinajstić information content (AvgIpc) is 3.01. The van der Waals surface area contributed by atoms with Crippen LogP contribution in [-0.4, -0.2) is 57.3 Å². The van der Waals surface area contributed by atoms with Crippen LogP contribution in [0, 0.1) is 12.7 Å². The highest BCUT2D eigenvalue weighted by molar-refractivity contribution is 5.80. The van der Waals surface area contributed by atoms with Crippen LogP contribution in [0.5, 0.6) is 5.75 Å². The minimum absolute atomic E-state index is 0.209. The van der Waals surface area contributed by atoms with Crippen molar-refractivity contribution in [3.05, 3.63) is 53.3 Å². The molecule has 0 aliphatic carbocycles. The molecule has 1 fully saturated rings. The molecule has 1 saturated heterocycles. The largest absolute Gasteiger partial charge is 0.492 e. The number of nitrogens with zero attached hydrogens (tertiary/aromatic N) is 3. The van der Waals surface area contributed by atoms with Crippen molar-refractivity contribution in [2.24, 2.45) is 0 Å². The first-order chi connectivity index (χ1) is 13.6. The maximum atomic E-state index is 13.3. The second-order valence-corrected chi connectivity index (χ2v) is 8.35. The number of fused-ring (bicyclic) bond motifs is 3. The molecule has 2 aromatic rings. The van der Waals surface area contributed by atoms with E-state index in [1.54, 1.807) is 6.07 Å². The van der Waals surface area contributed by atoms with Crippen LogP contribution in [0.3, 0.4) is 0 Å². The van der Waals surface area contributed by atoms with Crippen molar-refractivity contribution in [3.63, 3.8) is 0 Å². The minimum Gasteiger partial charge on any atom is -0.492 e. The maximum absolute atomic E-state index is 13.3. The molecule has 0 bridgehead atoms. The van der Waals surface area contributed by atoms with E-state index in [0.29, 0.717) is 18.6 Å². The van der Waals surface area contributed by atoms with E-state index >= 15 is 0 Å². The second kappa shape index (κ2) is 6.96. The van der Waals surface area contributed by atoms with Gasteiger partial charge in [-0.3, -0.25) is 4.90 Å². The van der Waals surface area contributed by atoms with E-state index in [9.17, 15) is 4.39 Å². The van der Waals surface area contributed by atoms with E-state index < -0.39 is 0 Å². The SMILES string of the molecule is Cc1cc(F)ccc1OCCN1CCC2C(C1)c1cccc3c1N2CCN3C. The fourth-order valence-corrected chi connectivity index (χ4v) is 5.24. The zero-order valence-electron chi connectivity index (χ0n) is 16.7. The van der Waals surface area contributed by atoms with Crippen LogP contribution in [0.25, 0.3) is 0 Å². The number of para-hydroxylation sites is 1. The zero-order chi connectivity index (χ0) is 19.3. The van der Waals surface area contributed by atoms with Crippen LogP contribution >= 0.6 is 0 Å². The number of likely N-dealkylation sites (tertiary alicyclic amines) is 1. The lowest BCUT2D eigenvalue weighted by atomic mass is 9.89. The predicted octanol–water partition coefficient (Wildman–Crippen LogP) is 3.64. The number of hydrogen-bond acceptors (Lipinski definition) is 4. The van der Waals surface area contributed by atoms with Crippen molar-refractivity contribution >= 4 is 11.4 Å². The zero-order valence-corrected chi connectivity index (χ0v) is 16.7. The van der Waals surface area contributed by atoms with Gasteiger partial charge >= 0.3 is 0 Å². The summed E-state index contributed by atoms with van der Waals surface area (Å²) in [6.45, 7) is 7.89. The van der Waals surface area contributed by atoms with Gasteiger partial charge < -0.3 is 14.5 Å². The molecule has 0 aromatic heterocycles. The van der Waals surface area contributed by atoms with Gasteiger partial charge in [0.15, 0.2) is 0 Å². The Kier molecular flexibility index (Phi) is 4.43. The summed E-state index contributed by atoms with van der Waals surface area (Å²) in [5.41, 5.74) is 5.24. The molecule has 3 aliphatic heterocycles. The number of anilines is 2. The van der Waals surface area contributed by atoms with Crippen molar-refractivity contribution < 1.29 is 9.13 Å². The Morgan fingerprint density at radius 1 is 1.14 bits per heavy atom. The third-order valence-electron chi connectivity index (χ3n) is 6.68. The number of piperidine rings is 1. The molecule has 3 heterocycles. The summed E-state index contributed by atoms with van der Waals surface area (Å²) in [5, 5.41) is 0. The lowest BCUT2D eigenvalue weighted by molar-refractivity contribution is 0.160. The molecule has 0 saturated carbocycles. The number of likely N-dealkylation sites (N-methyl/N-ethyl adjacent to an activating group) is 1. The molecule has 2 atom stereocenters. The molecule has 4 nitrogen and oxygen atoms in total. The molecule has 0 radical (unpaired) electrons. The Balaban J connectivity index is 1.26. The van der Waals surface area contributed by atoms with Gasteiger partial charge in [-0.15, -0.1) is 0 Å². The lowest BCUT2D eigenvalue weighted by Crippen LogP contribution is -2.49. The van der Waals surface area contributed by atoms with Crippen molar-refractivity contribution in [2.45, 2.75) is 25.3 Å². The molecule has 0 amide bonds. The maximum Gasteiger partial charge on any atom is 0.123 e. The Hall–Kier alpha value is -2.27. The van der Waals surface area contributed by atoms with Crippen molar-refractivity contribution in [1.82, 2.24) is 4.90 Å². The van der Waals surface area contributed by atoms with Gasteiger partial charge in [0.05, 0.1) is 11.4 Å². The summed E-state index contributed by atoms with van der Waals surface area (Å²) in [5.74, 6) is 1.16. The van der Waals surface area contributed by atoms with Crippen LogP contribution in [0.2, 0.25) is 0 Å². The van der Waals surface area contributed by atoms with Crippen LogP contribution in [0.1, 0.15) is 23.5 Å². The summed E-state index contributed by atoms with van der Waals surface area (Å²) in [4.78, 5) is 7.59. The highest BCUT2D eigenvalue weighted by atomic mass is 19.1. The molecule has 0 N–H and O–H groups in total. The highest BCUT2D eigenvalue weighted by Crippen LogP contribution is 2.50. The summed E-state index contributed by atoms with van der Waals surface area (Å²) >= 11 is 0. The number of ether oxygens (including phenoxy) is 1. The van der Waals surface area contributed by atoms with Gasteiger partial charge in [0, 0.05) is 51.7 Å². The first-order valence-electron chi connectivity index (χ1n) is 10.3. The van der Waals surface area contributed by atoms with E-state index in [2.05, 4.69) is 39.9 Å². The molecular formula is C23H28FN3O. The fraction of sp³-hybridized carbons (Fsp3) is 0.478. The molecule has 5 heteroatoms. The third-order valence-corrected chi connectivity index (χ3v) is 6.68. The van der Waals surface area contributed by atoms with Gasteiger partial charge in [0.1, 0.15) is 18.2 Å². The summed E-state index contributed by atoms with van der Waals surface area (Å²) in [6, 6.07) is 12.2. The van der Waals surface area contributed by atoms with Gasteiger partial charge in [0.2, 0.25) is 0 Å². The van der Waals surface area contributed by atoms with E-state index in [1.165, 1.54) is 35.5 Å². The fourth-order valence-electron chi connectivity index (χ4n) is 5.24. The summed E-state index contributed by atoms with van der Waals surface area (Å²) in [7, 11) is 2.20. The molecule has 3 aliphatic rings. The van der Waals surface area contributed by atoms with Crippen LogP contribution in [0.15, 0.2) is 36.4 Å². The quantitative estimate of drug-likeness (QED) is 0.805. The molecule has 0 spiro atoms. The van der Waals surface area contributed by atoms with Crippen LogP contribution < -0.4 is 14.5 Å². The molecule has 28 heavy (non-hydrogen) atoms. The molecule has 2 aromatic carbocycles. The molecule has 5 rings (SSSR count). The standard InChI is InChI=1S/C23H28FN3O/c1-16-14-17(24)6-7-22(16)28-13-12-26-9-8-20-19(15-26)18-4-3-5-21-23(18)27(20)11-10-25(21)2/h3-7,14,19-20H,8-13,15H2,1-2H3. The van der Waals surface area contributed by atoms with Crippen LogP contribution in [0.4, 0.5) is 15.8 Å². The number of halogens is 1. The smallest absolute Gasteiger partial charge is 0.123 e. The molecular weight excluding hydrogens is 353 g/mol. The number of benzene rings is 2. The van der Waals surface area contributed by atoms with Gasteiger partial charge in [-0.25, -0.2) is 4.39 Å². The Labute approximate surface area is 166 Å². The predicted molar refractivity (Wildman–Crippen MR) is 111 cm³/mol. The average molecular weight is 381 g/mol. The molecule has 148 valence electrons. The van der Waals surface area contributed by atoms with Gasteiger partial charge in [-0.05, 0) is 48.7 Å². The van der Waals surface area contributed by atoms with E-state index in [-0.39, 0.29) is 5.82 Å². The summed E-state index contributed by atoms with van der Waals surface area (Å²) in [6.07, 6.45) is 1.21. The van der Waals surface area contributed by atoms with Gasteiger partial charge in [-0.2, -0.15) is 0 Å².